The summed E-state index contributed by atoms with van der Waals surface area (Å²) in [6.07, 6.45) is 1.35. The Morgan fingerprint density at radius 1 is 1.06 bits per heavy atom. The Kier molecular flexibility index (Phi) is 7.52. The SMILES string of the molecule is CCc1cc(-c2ccc3nc(C)[nH]c3c2)ccc1OCCC#CC(=O)N(C)Cc1cccc(C)c1. The quantitative estimate of drug-likeness (QED) is 0.276. The molecule has 0 unspecified atom stereocenters. The second-order valence-electron chi connectivity index (χ2n) is 8.78. The molecule has 0 aliphatic heterocycles. The van der Waals surface area contributed by atoms with Gasteiger partial charge < -0.3 is 14.6 Å². The van der Waals surface area contributed by atoms with Crippen molar-refractivity contribution in [3.63, 3.8) is 0 Å². The molecule has 0 fully saturated rings. The summed E-state index contributed by atoms with van der Waals surface area (Å²) in [5.74, 6) is 7.27. The molecule has 5 heteroatoms. The summed E-state index contributed by atoms with van der Waals surface area (Å²) in [4.78, 5) is 21.7. The zero-order valence-electron chi connectivity index (χ0n) is 20.8. The fraction of sp³-hybridized carbons (Fsp3) is 0.267. The Bertz CT molecular complexity index is 1410. The maximum Gasteiger partial charge on any atom is 0.298 e. The topological polar surface area (TPSA) is 58.2 Å². The van der Waals surface area contributed by atoms with Crippen molar-refractivity contribution in [2.45, 2.75) is 40.2 Å². The van der Waals surface area contributed by atoms with E-state index in [2.05, 4.69) is 59.1 Å². The maximum atomic E-state index is 12.3. The van der Waals surface area contributed by atoms with E-state index in [9.17, 15) is 4.79 Å². The van der Waals surface area contributed by atoms with Gasteiger partial charge in [-0.1, -0.05) is 54.8 Å². The number of carbonyl (C=O) groups is 1. The van der Waals surface area contributed by atoms with Crippen molar-refractivity contribution in [1.29, 1.82) is 0 Å². The van der Waals surface area contributed by atoms with Crippen molar-refractivity contribution in [2.24, 2.45) is 0 Å². The smallest absolute Gasteiger partial charge is 0.298 e. The van der Waals surface area contributed by atoms with Gasteiger partial charge in [0.25, 0.3) is 5.91 Å². The molecule has 35 heavy (non-hydrogen) atoms. The summed E-state index contributed by atoms with van der Waals surface area (Å²) in [5, 5.41) is 0. The van der Waals surface area contributed by atoms with Gasteiger partial charge in [-0.05, 0) is 72.7 Å². The number of benzene rings is 3. The molecule has 4 aromatic rings. The molecule has 0 spiro atoms. The normalized spacial score (nSPS) is 10.6. The summed E-state index contributed by atoms with van der Waals surface area (Å²) in [6, 6.07) is 20.7. The minimum absolute atomic E-state index is 0.186. The predicted octanol–water partition coefficient (Wildman–Crippen LogP) is 5.84. The number of nitrogens with one attached hydrogen (secondary N) is 1. The van der Waals surface area contributed by atoms with Crippen molar-refractivity contribution >= 4 is 16.9 Å². The first-order valence-corrected chi connectivity index (χ1v) is 11.9. The van der Waals surface area contributed by atoms with Crippen LogP contribution in [0, 0.1) is 25.7 Å². The fourth-order valence-electron chi connectivity index (χ4n) is 4.09. The van der Waals surface area contributed by atoms with E-state index in [1.807, 2.05) is 44.2 Å². The minimum atomic E-state index is -0.186. The van der Waals surface area contributed by atoms with Crippen molar-refractivity contribution < 1.29 is 9.53 Å². The molecule has 0 aliphatic carbocycles. The van der Waals surface area contributed by atoms with Gasteiger partial charge in [0.05, 0.1) is 17.6 Å². The first-order valence-electron chi connectivity index (χ1n) is 11.9. The number of hydrogen-bond donors (Lipinski definition) is 1. The summed E-state index contributed by atoms with van der Waals surface area (Å²) in [5.41, 5.74) is 7.72. The number of fused-ring (bicyclic) bond motifs is 1. The average molecular weight is 466 g/mol. The number of aromatic amines is 1. The van der Waals surface area contributed by atoms with E-state index in [0.29, 0.717) is 19.6 Å². The number of aromatic nitrogens is 2. The third-order valence-corrected chi connectivity index (χ3v) is 5.90. The predicted molar refractivity (Wildman–Crippen MR) is 141 cm³/mol. The molecule has 1 amide bonds. The maximum absolute atomic E-state index is 12.3. The zero-order chi connectivity index (χ0) is 24.8. The van der Waals surface area contributed by atoms with Crippen LogP contribution in [0.15, 0.2) is 60.7 Å². The third-order valence-electron chi connectivity index (χ3n) is 5.90. The Balaban J connectivity index is 1.33. The molecule has 0 radical (unpaired) electrons. The highest BCUT2D eigenvalue weighted by molar-refractivity contribution is 5.93. The molecule has 5 nitrogen and oxygen atoms in total. The van der Waals surface area contributed by atoms with E-state index < -0.39 is 0 Å². The zero-order valence-corrected chi connectivity index (χ0v) is 20.8. The molecule has 0 aliphatic rings. The van der Waals surface area contributed by atoms with Crippen LogP contribution in [0.2, 0.25) is 0 Å². The van der Waals surface area contributed by atoms with E-state index in [1.165, 1.54) is 5.56 Å². The van der Waals surface area contributed by atoms with E-state index in [4.69, 9.17) is 4.74 Å². The molecule has 1 heterocycles. The van der Waals surface area contributed by atoms with Crippen LogP contribution in [-0.2, 0) is 17.8 Å². The van der Waals surface area contributed by atoms with Gasteiger partial charge in [0.1, 0.15) is 11.6 Å². The summed E-state index contributed by atoms with van der Waals surface area (Å²) >= 11 is 0. The molecule has 0 saturated carbocycles. The molecular formula is C30H31N3O2. The van der Waals surface area contributed by atoms with Crippen LogP contribution < -0.4 is 4.74 Å². The Hall–Kier alpha value is -4.04. The van der Waals surface area contributed by atoms with Crippen LogP contribution in [0.5, 0.6) is 5.75 Å². The fourth-order valence-corrected chi connectivity index (χ4v) is 4.09. The monoisotopic (exact) mass is 465 g/mol. The van der Waals surface area contributed by atoms with Crippen molar-refractivity contribution in [2.75, 3.05) is 13.7 Å². The van der Waals surface area contributed by atoms with Crippen LogP contribution >= 0.6 is 0 Å². The standard InChI is InChI=1S/C30H31N3O2/c1-5-24-18-25(26-12-14-27-28(19-26)32-22(3)31-27)13-15-29(24)35-16-7-6-11-30(34)33(4)20-23-10-8-9-21(2)17-23/h8-10,12-15,17-19H,5,7,16,20H2,1-4H3,(H,31,32). The van der Waals surface area contributed by atoms with Crippen LogP contribution in [0.25, 0.3) is 22.2 Å². The summed E-state index contributed by atoms with van der Waals surface area (Å²) in [7, 11) is 1.77. The van der Waals surface area contributed by atoms with E-state index in [0.717, 1.165) is 51.3 Å². The molecule has 1 aromatic heterocycles. The number of hydrogen-bond acceptors (Lipinski definition) is 3. The number of rotatable bonds is 7. The Morgan fingerprint density at radius 3 is 2.66 bits per heavy atom. The minimum Gasteiger partial charge on any atom is -0.492 e. The highest BCUT2D eigenvalue weighted by Gasteiger charge is 2.08. The van der Waals surface area contributed by atoms with E-state index in [1.54, 1.807) is 11.9 Å². The first kappa shape index (κ1) is 24.1. The van der Waals surface area contributed by atoms with Gasteiger partial charge in [0.15, 0.2) is 0 Å². The average Bonchev–Trinajstić information content (AvgIpc) is 3.23. The molecule has 0 atom stereocenters. The van der Waals surface area contributed by atoms with Gasteiger partial charge in [-0.15, -0.1) is 0 Å². The Labute approximate surface area is 207 Å². The second kappa shape index (κ2) is 10.9. The number of H-pyrrole nitrogens is 1. The number of carbonyl (C=O) groups excluding carboxylic acids is 1. The number of nitrogens with zero attached hydrogens (tertiary/aromatic N) is 2. The molecule has 3 aromatic carbocycles. The van der Waals surface area contributed by atoms with Crippen LogP contribution in [0.1, 0.15) is 35.9 Å². The van der Waals surface area contributed by atoms with Crippen molar-refractivity contribution in [3.8, 4) is 28.7 Å². The van der Waals surface area contributed by atoms with Crippen LogP contribution in [-0.4, -0.2) is 34.4 Å². The summed E-state index contributed by atoms with van der Waals surface area (Å²) < 4.78 is 6.00. The number of aryl methyl sites for hydroxylation is 3. The van der Waals surface area contributed by atoms with Crippen molar-refractivity contribution in [3.05, 3.63) is 83.2 Å². The lowest BCUT2D eigenvalue weighted by atomic mass is 10.0. The first-order chi connectivity index (χ1) is 16.9. The third kappa shape index (κ3) is 6.10. The van der Waals surface area contributed by atoms with Gasteiger partial charge in [0, 0.05) is 20.0 Å². The second-order valence-corrected chi connectivity index (χ2v) is 8.78. The van der Waals surface area contributed by atoms with E-state index in [-0.39, 0.29) is 5.91 Å². The van der Waals surface area contributed by atoms with Gasteiger partial charge in [0.2, 0.25) is 0 Å². The molecule has 4 rings (SSSR count). The van der Waals surface area contributed by atoms with Gasteiger partial charge >= 0.3 is 0 Å². The number of amides is 1. The molecule has 1 N–H and O–H groups in total. The highest BCUT2D eigenvalue weighted by atomic mass is 16.5. The van der Waals surface area contributed by atoms with Crippen LogP contribution in [0.4, 0.5) is 0 Å². The Morgan fingerprint density at radius 2 is 1.86 bits per heavy atom. The van der Waals surface area contributed by atoms with Gasteiger partial charge in [-0.3, -0.25) is 4.79 Å². The molecule has 0 saturated heterocycles. The number of ether oxygens (including phenoxy) is 1. The van der Waals surface area contributed by atoms with Crippen molar-refractivity contribution in [1.82, 2.24) is 14.9 Å². The number of imidazole rings is 1. The van der Waals surface area contributed by atoms with E-state index >= 15 is 0 Å². The lowest BCUT2D eigenvalue weighted by Crippen LogP contribution is -2.24. The lowest BCUT2D eigenvalue weighted by Gasteiger charge is -2.14. The highest BCUT2D eigenvalue weighted by Crippen LogP contribution is 2.29. The summed E-state index contributed by atoms with van der Waals surface area (Å²) in [6.45, 7) is 7.11. The van der Waals surface area contributed by atoms with Crippen LogP contribution in [0.3, 0.4) is 0 Å². The molecule has 178 valence electrons. The van der Waals surface area contributed by atoms with Gasteiger partial charge in [-0.2, -0.15) is 0 Å². The lowest BCUT2D eigenvalue weighted by molar-refractivity contribution is -0.124. The van der Waals surface area contributed by atoms with Gasteiger partial charge in [-0.25, -0.2) is 4.98 Å². The molecular weight excluding hydrogens is 434 g/mol. The largest absolute Gasteiger partial charge is 0.492 e. The molecule has 0 bridgehead atoms.